The van der Waals surface area contributed by atoms with E-state index in [-0.39, 0.29) is 11.3 Å². The van der Waals surface area contributed by atoms with E-state index in [1.165, 1.54) is 11.3 Å². The Morgan fingerprint density at radius 1 is 1.19 bits per heavy atom. The first-order valence-corrected chi connectivity index (χ1v) is 7.22. The van der Waals surface area contributed by atoms with Gasteiger partial charge in [-0.1, -0.05) is 24.3 Å². The summed E-state index contributed by atoms with van der Waals surface area (Å²) in [5, 5.41) is 12.6. The van der Waals surface area contributed by atoms with Crippen LogP contribution >= 0.6 is 23.1 Å². The molecular weight excluding hydrogens is 312 g/mol. The lowest BCUT2D eigenvalue weighted by molar-refractivity contribution is 0.104. The second-order valence-electron chi connectivity index (χ2n) is 4.26. The van der Waals surface area contributed by atoms with Gasteiger partial charge in [0, 0.05) is 17.2 Å². The Kier molecular flexibility index (Phi) is 3.40. The predicted octanol–water partition coefficient (Wildman–Crippen LogP) is 3.35. The zero-order valence-corrected chi connectivity index (χ0v) is 12.1. The highest BCUT2D eigenvalue weighted by Crippen LogP contribution is 2.33. The summed E-state index contributed by atoms with van der Waals surface area (Å²) in [6.45, 7) is 0. The Bertz CT molecular complexity index is 839. The van der Waals surface area contributed by atoms with Crippen LogP contribution in [0.5, 0.6) is 5.88 Å². The molecule has 0 aliphatic heterocycles. The molecule has 0 fully saturated rings. The highest BCUT2D eigenvalue weighted by molar-refractivity contribution is 7.12. The van der Waals surface area contributed by atoms with Crippen LogP contribution < -0.4 is 4.84 Å². The monoisotopic (exact) mass is 320 g/mol. The van der Waals surface area contributed by atoms with Crippen LogP contribution in [0.3, 0.4) is 0 Å². The third kappa shape index (κ3) is 2.09. The van der Waals surface area contributed by atoms with E-state index in [0.29, 0.717) is 15.8 Å². The Labute approximate surface area is 128 Å². The van der Waals surface area contributed by atoms with Gasteiger partial charge in [0.1, 0.15) is 0 Å². The Hall–Kier alpha value is -2.31. The zero-order valence-electron chi connectivity index (χ0n) is 10.5. The molecule has 0 spiro atoms. The molecule has 2 heterocycles. The van der Waals surface area contributed by atoms with Crippen LogP contribution in [0.25, 0.3) is 10.9 Å². The van der Waals surface area contributed by atoms with Gasteiger partial charge in [-0.05, 0) is 17.5 Å². The van der Waals surface area contributed by atoms with E-state index in [2.05, 4.69) is 0 Å². The van der Waals surface area contributed by atoms with E-state index in [9.17, 15) is 14.7 Å². The highest BCUT2D eigenvalue weighted by atomic mass is 35.5. The van der Waals surface area contributed by atoms with Gasteiger partial charge in [-0.3, -0.25) is 4.79 Å². The van der Waals surface area contributed by atoms with Crippen molar-refractivity contribution in [2.24, 2.45) is 0 Å². The number of thiophene rings is 1. The summed E-state index contributed by atoms with van der Waals surface area (Å²) in [6.07, 6.45) is 0. The summed E-state index contributed by atoms with van der Waals surface area (Å²) in [6, 6.07) is 9.44. The molecule has 0 unspecified atom stereocenters. The molecule has 21 heavy (non-hydrogen) atoms. The summed E-state index contributed by atoms with van der Waals surface area (Å²) >= 11 is 6.60. The maximum absolute atomic E-state index is 12.5. The fourth-order valence-electron chi connectivity index (χ4n) is 2.23. The number of aromatic nitrogens is 1. The Morgan fingerprint density at radius 3 is 2.62 bits per heavy atom. The van der Waals surface area contributed by atoms with Gasteiger partial charge in [0.2, 0.25) is 11.7 Å². The second-order valence-corrected chi connectivity index (χ2v) is 5.39. The summed E-state index contributed by atoms with van der Waals surface area (Å²) in [4.78, 5) is 26.8. The molecule has 0 aliphatic rings. The van der Waals surface area contributed by atoms with E-state index >= 15 is 0 Å². The number of hydrogen-bond donors (Lipinski definition) is 2. The fraction of sp³-hybridized carbons (Fsp3) is 0. The maximum Gasteiger partial charge on any atom is 0.343 e. The SMILES string of the molecule is O=C(c1cccs1)c1c(O)n(C(=O)NCl)c2ccccc12. The van der Waals surface area contributed by atoms with Crippen LogP contribution in [0.2, 0.25) is 0 Å². The van der Waals surface area contributed by atoms with Gasteiger partial charge in [-0.15, -0.1) is 11.3 Å². The van der Waals surface area contributed by atoms with Crippen molar-refractivity contribution in [3.8, 4) is 5.88 Å². The molecule has 0 atom stereocenters. The van der Waals surface area contributed by atoms with Crippen molar-refractivity contribution >= 4 is 45.8 Å². The largest absolute Gasteiger partial charge is 0.494 e. The molecule has 3 aromatic rings. The number of nitrogens with one attached hydrogen (secondary N) is 1. The third-order valence-corrected chi connectivity index (χ3v) is 4.14. The standard InChI is InChI=1S/C14H9ClN2O3S/c15-16-14(20)17-9-5-2-1-4-8(9)11(13(17)19)12(18)10-6-3-7-21-10/h1-7,19H,(H,16,20). The molecule has 5 nitrogen and oxygen atoms in total. The van der Waals surface area contributed by atoms with Gasteiger partial charge in [0.25, 0.3) is 0 Å². The minimum absolute atomic E-state index is 0.0910. The van der Waals surface area contributed by atoms with Crippen molar-refractivity contribution in [1.82, 2.24) is 9.40 Å². The normalized spacial score (nSPS) is 10.7. The second kappa shape index (κ2) is 5.23. The quantitative estimate of drug-likeness (QED) is 0.562. The number of carbonyl (C=O) groups excluding carboxylic acids is 2. The number of para-hydroxylation sites is 1. The van der Waals surface area contributed by atoms with Crippen molar-refractivity contribution in [2.45, 2.75) is 0 Å². The van der Waals surface area contributed by atoms with E-state index in [1.54, 1.807) is 41.8 Å². The lowest BCUT2D eigenvalue weighted by Gasteiger charge is -2.02. The first-order valence-electron chi connectivity index (χ1n) is 5.96. The zero-order chi connectivity index (χ0) is 15.0. The first kappa shape index (κ1) is 13.7. The number of nitrogens with zero attached hydrogens (tertiary/aromatic N) is 1. The summed E-state index contributed by atoms with van der Waals surface area (Å²) in [7, 11) is 0. The topological polar surface area (TPSA) is 71.3 Å². The van der Waals surface area contributed by atoms with Crippen molar-refractivity contribution in [1.29, 1.82) is 0 Å². The molecule has 0 saturated heterocycles. The van der Waals surface area contributed by atoms with Crippen molar-refractivity contribution in [3.63, 3.8) is 0 Å². The smallest absolute Gasteiger partial charge is 0.343 e. The van der Waals surface area contributed by atoms with Gasteiger partial charge < -0.3 is 5.11 Å². The van der Waals surface area contributed by atoms with Crippen LogP contribution in [-0.4, -0.2) is 21.5 Å². The van der Waals surface area contributed by atoms with Gasteiger partial charge >= 0.3 is 6.03 Å². The van der Waals surface area contributed by atoms with E-state index in [0.717, 1.165) is 4.57 Å². The maximum atomic E-state index is 12.5. The van der Waals surface area contributed by atoms with Crippen LogP contribution in [0.15, 0.2) is 41.8 Å². The summed E-state index contributed by atoms with van der Waals surface area (Å²) in [5.41, 5.74) is 0.501. The fourth-order valence-corrected chi connectivity index (χ4v) is 2.98. The minimum Gasteiger partial charge on any atom is -0.494 e. The van der Waals surface area contributed by atoms with Crippen LogP contribution in [0.4, 0.5) is 4.79 Å². The van der Waals surface area contributed by atoms with Crippen LogP contribution in [0.1, 0.15) is 15.2 Å². The van der Waals surface area contributed by atoms with Crippen molar-refractivity contribution < 1.29 is 14.7 Å². The first-order chi connectivity index (χ1) is 10.1. The molecule has 7 heteroatoms. The average molecular weight is 321 g/mol. The molecule has 0 saturated carbocycles. The molecule has 1 amide bonds. The number of fused-ring (bicyclic) bond motifs is 1. The number of aromatic hydroxyl groups is 1. The third-order valence-electron chi connectivity index (χ3n) is 3.11. The molecule has 3 rings (SSSR count). The lowest BCUT2D eigenvalue weighted by atomic mass is 10.1. The molecular formula is C14H9ClN2O3S. The van der Waals surface area contributed by atoms with E-state index in [4.69, 9.17) is 11.8 Å². The molecule has 0 radical (unpaired) electrons. The number of halogens is 1. The van der Waals surface area contributed by atoms with Gasteiger partial charge in [0.05, 0.1) is 16.0 Å². The Morgan fingerprint density at radius 2 is 1.95 bits per heavy atom. The molecule has 106 valence electrons. The summed E-state index contributed by atoms with van der Waals surface area (Å²) < 4.78 is 0.975. The van der Waals surface area contributed by atoms with E-state index in [1.807, 2.05) is 4.84 Å². The van der Waals surface area contributed by atoms with Crippen molar-refractivity contribution in [2.75, 3.05) is 0 Å². The molecule has 2 aromatic heterocycles. The molecule has 1 aromatic carbocycles. The number of ketones is 1. The van der Waals surface area contributed by atoms with Crippen molar-refractivity contribution in [3.05, 3.63) is 52.2 Å². The average Bonchev–Trinajstić information content (AvgIpc) is 3.11. The van der Waals surface area contributed by atoms with Crippen LogP contribution in [0, 0.1) is 0 Å². The number of benzene rings is 1. The molecule has 2 N–H and O–H groups in total. The number of carbonyl (C=O) groups is 2. The minimum atomic E-state index is -0.726. The van der Waals surface area contributed by atoms with Gasteiger partial charge in [0.15, 0.2) is 0 Å². The molecule has 0 bridgehead atoms. The predicted molar refractivity (Wildman–Crippen MR) is 81.1 cm³/mol. The molecule has 0 aliphatic carbocycles. The summed E-state index contributed by atoms with van der Waals surface area (Å²) in [5.74, 6) is -0.757. The Balaban J connectivity index is 2.31. The van der Waals surface area contributed by atoms with Gasteiger partial charge in [-0.2, -0.15) is 0 Å². The number of hydrogen-bond acceptors (Lipinski definition) is 4. The van der Waals surface area contributed by atoms with Gasteiger partial charge in [-0.25, -0.2) is 14.2 Å². The lowest BCUT2D eigenvalue weighted by Crippen LogP contribution is -2.19. The van der Waals surface area contributed by atoms with Crippen LogP contribution in [-0.2, 0) is 0 Å². The number of rotatable bonds is 2. The van der Waals surface area contributed by atoms with E-state index < -0.39 is 11.9 Å². The number of amides is 1. The highest BCUT2D eigenvalue weighted by Gasteiger charge is 2.26.